The Morgan fingerprint density at radius 2 is 2.29 bits per heavy atom. The van der Waals surface area contributed by atoms with Gasteiger partial charge >= 0.3 is 6.16 Å². The van der Waals surface area contributed by atoms with Crippen molar-refractivity contribution in [2.24, 2.45) is 0 Å². The van der Waals surface area contributed by atoms with Gasteiger partial charge < -0.3 is 4.18 Å². The smallest absolute Gasteiger partial charge is 0.329 e. The van der Waals surface area contributed by atoms with E-state index in [1.807, 2.05) is 0 Å². The molecule has 0 aliphatic rings. The van der Waals surface area contributed by atoms with E-state index >= 15 is 0 Å². The summed E-state index contributed by atoms with van der Waals surface area (Å²) in [5.41, 5.74) is 0. The van der Waals surface area contributed by atoms with Crippen molar-refractivity contribution in [2.45, 2.75) is 0 Å². The van der Waals surface area contributed by atoms with E-state index in [1.54, 1.807) is 0 Å². The van der Waals surface area contributed by atoms with Gasteiger partial charge in [-0.1, -0.05) is 0 Å². The number of carbonyl (C=O) groups is 1. The number of carbonyl (C=O) groups excluding carboxylic acids is 1. The van der Waals surface area contributed by atoms with Gasteiger partial charge in [-0.15, -0.1) is 0 Å². The summed E-state index contributed by atoms with van der Waals surface area (Å²) in [6.07, 6.45) is -1.35. The lowest BCUT2D eigenvalue weighted by Gasteiger charge is -1.88. The zero-order valence-corrected chi connectivity index (χ0v) is 3.84. The van der Waals surface area contributed by atoms with Crippen molar-refractivity contribution in [1.29, 1.82) is 0 Å². The molecule has 0 saturated heterocycles. The van der Waals surface area contributed by atoms with Crippen LogP contribution in [0.4, 0.5) is 4.79 Å². The van der Waals surface area contributed by atoms with E-state index in [9.17, 15) is 4.79 Å². The van der Waals surface area contributed by atoms with Crippen LogP contribution in [0.5, 0.6) is 0 Å². The summed E-state index contributed by atoms with van der Waals surface area (Å²) in [6, 6.07) is 0. The van der Waals surface area contributed by atoms with Crippen molar-refractivity contribution in [1.82, 2.24) is 0 Å². The molecule has 2 N–H and O–H groups in total. The lowest BCUT2D eigenvalue weighted by molar-refractivity contribution is -0.190. The fraction of sp³-hybridized carbons (Fsp3) is 0. The summed E-state index contributed by atoms with van der Waals surface area (Å²) >= 11 is -0.200. The third-order valence-corrected chi connectivity index (χ3v) is 0.390. The van der Waals surface area contributed by atoms with Gasteiger partial charge in [0.15, 0.2) is 0 Å². The van der Waals surface area contributed by atoms with Crippen LogP contribution in [0.2, 0.25) is 0 Å². The third kappa shape index (κ3) is 3.37. The van der Waals surface area contributed by atoms with Crippen LogP contribution in [0.1, 0.15) is 0 Å². The molecule has 0 bridgehead atoms. The van der Waals surface area contributed by atoms with Crippen LogP contribution in [0, 0.1) is 0 Å². The van der Waals surface area contributed by atoms with Crippen LogP contribution in [-0.4, -0.2) is 16.0 Å². The molecule has 0 heterocycles. The van der Waals surface area contributed by atoms with Crippen molar-refractivity contribution in [3.05, 3.63) is 0 Å². The lowest BCUT2D eigenvalue weighted by Crippen LogP contribution is -1.96. The van der Waals surface area contributed by atoms with Crippen molar-refractivity contribution in [3.63, 3.8) is 0 Å². The normalized spacial score (nSPS) is 7.71. The first-order chi connectivity index (χ1) is 3.31. The molecule has 0 amide bonds. The molecule has 0 radical (unpaired) electrons. The zero-order valence-electron chi connectivity index (χ0n) is 3.03. The van der Waals surface area contributed by atoms with E-state index in [0.717, 1.165) is 0 Å². The maximum absolute atomic E-state index is 9.54. The summed E-state index contributed by atoms with van der Waals surface area (Å²) in [5, 5.41) is 7.37. The molecule has 0 atom stereocenters. The second kappa shape index (κ2) is 3.72. The van der Waals surface area contributed by atoms with Gasteiger partial charge in [0.05, 0.1) is 0 Å². The van der Waals surface area contributed by atoms with Crippen LogP contribution < -0.4 is 0 Å². The second-order valence-corrected chi connectivity index (χ2v) is 0.815. The highest BCUT2D eigenvalue weighted by Crippen LogP contribution is 1.94. The van der Waals surface area contributed by atoms with Crippen LogP contribution in [-0.2, 0) is 9.07 Å². The molecule has 0 aromatic rings. The first-order valence-corrected chi connectivity index (χ1v) is 1.84. The van der Waals surface area contributed by atoms with Gasteiger partial charge in [0.1, 0.15) is 0 Å². The molecule has 0 fully saturated rings. The Morgan fingerprint density at radius 1 is 1.71 bits per heavy atom. The monoisotopic (exact) mass is 126 g/mol. The molecular formula is CH2O5S. The standard InChI is InChI=1S/CH2O5S/c2-1(5-3)6-7-4/h3-4H. The Bertz CT molecular complexity index is 61.1. The maximum atomic E-state index is 9.54. The summed E-state index contributed by atoms with van der Waals surface area (Å²) in [7, 11) is 0. The minimum absolute atomic E-state index is 0.200. The van der Waals surface area contributed by atoms with Gasteiger partial charge in [0.2, 0.25) is 12.3 Å². The molecule has 5 nitrogen and oxygen atoms in total. The number of hydrogen-bond acceptors (Lipinski definition) is 6. The van der Waals surface area contributed by atoms with Gasteiger partial charge in [-0.25, -0.2) is 0 Å². The molecule has 42 valence electrons. The minimum Gasteiger partial charge on any atom is -0.329 e. The van der Waals surface area contributed by atoms with Gasteiger partial charge in [-0.2, -0.15) is 10.1 Å². The lowest BCUT2D eigenvalue weighted by atomic mass is 11.4. The first-order valence-electron chi connectivity index (χ1n) is 1.14. The molecule has 0 aromatic carbocycles. The van der Waals surface area contributed by atoms with Gasteiger partial charge in [-0.05, 0) is 0 Å². The molecule has 0 aromatic heterocycles. The molecule has 0 rings (SSSR count). The fourth-order valence-electron chi connectivity index (χ4n) is 0.0456. The maximum Gasteiger partial charge on any atom is 0.554 e. The first kappa shape index (κ1) is 6.54. The molecule has 0 aliphatic heterocycles. The van der Waals surface area contributed by atoms with Crippen molar-refractivity contribution >= 4 is 18.5 Å². The topological polar surface area (TPSA) is 76.0 Å². The zero-order chi connectivity index (χ0) is 5.70. The average Bonchev–Trinajstić information content (AvgIpc) is 1.68. The Kier molecular flexibility index (Phi) is 3.48. The minimum atomic E-state index is -1.35. The molecular weight excluding hydrogens is 124 g/mol. The SMILES string of the molecule is O=C(OO)OSO. The molecule has 0 saturated carbocycles. The van der Waals surface area contributed by atoms with Gasteiger partial charge in [0, 0.05) is 0 Å². The van der Waals surface area contributed by atoms with Crippen LogP contribution in [0.15, 0.2) is 0 Å². The Balaban J connectivity index is 3.00. The van der Waals surface area contributed by atoms with Crippen LogP contribution >= 0.6 is 12.3 Å². The second-order valence-electron chi connectivity index (χ2n) is 0.499. The largest absolute Gasteiger partial charge is 0.554 e. The Hall–Kier alpha value is -0.460. The van der Waals surface area contributed by atoms with E-state index in [4.69, 9.17) is 9.81 Å². The van der Waals surface area contributed by atoms with E-state index in [0.29, 0.717) is 0 Å². The quantitative estimate of drug-likeness (QED) is 0.306. The van der Waals surface area contributed by atoms with Crippen molar-refractivity contribution in [2.75, 3.05) is 0 Å². The molecule has 7 heavy (non-hydrogen) atoms. The summed E-state index contributed by atoms with van der Waals surface area (Å²) in [4.78, 5) is 12.5. The molecule has 0 spiro atoms. The predicted octanol–water partition coefficient (Wildman–Crippen LogP) is 0.734. The van der Waals surface area contributed by atoms with Crippen LogP contribution in [0.3, 0.4) is 0 Å². The number of hydrogen-bond donors (Lipinski definition) is 2. The van der Waals surface area contributed by atoms with Gasteiger partial charge in [-0.3, -0.25) is 9.44 Å². The van der Waals surface area contributed by atoms with E-state index in [-0.39, 0.29) is 12.3 Å². The van der Waals surface area contributed by atoms with E-state index in [1.165, 1.54) is 0 Å². The van der Waals surface area contributed by atoms with E-state index < -0.39 is 6.16 Å². The highest BCUT2D eigenvalue weighted by Gasteiger charge is 1.99. The molecule has 0 aliphatic carbocycles. The fourth-order valence-corrected chi connectivity index (χ4v) is 0.137. The Labute approximate surface area is 43.2 Å². The van der Waals surface area contributed by atoms with Crippen LogP contribution in [0.25, 0.3) is 0 Å². The average molecular weight is 126 g/mol. The summed E-state index contributed by atoms with van der Waals surface area (Å²) in [5.74, 6) is 0. The molecule has 0 unspecified atom stereocenters. The van der Waals surface area contributed by atoms with Gasteiger partial charge in [0.25, 0.3) is 0 Å². The summed E-state index contributed by atoms with van der Waals surface area (Å²) in [6.45, 7) is 0. The Morgan fingerprint density at radius 3 is 2.43 bits per heavy atom. The van der Waals surface area contributed by atoms with E-state index in [2.05, 4.69) is 9.07 Å². The highest BCUT2D eigenvalue weighted by molar-refractivity contribution is 7.89. The predicted molar refractivity (Wildman–Crippen MR) is 20.4 cm³/mol. The third-order valence-electron chi connectivity index (χ3n) is 0.180. The molecule has 6 heteroatoms. The van der Waals surface area contributed by atoms with Crippen molar-refractivity contribution < 1.29 is 23.7 Å². The highest BCUT2D eigenvalue weighted by atomic mass is 32.2. The summed E-state index contributed by atoms with van der Waals surface area (Å²) < 4.78 is 11.2. The van der Waals surface area contributed by atoms with Crippen molar-refractivity contribution in [3.8, 4) is 0 Å². The number of rotatable bonds is 1.